The van der Waals surface area contributed by atoms with Crippen molar-refractivity contribution in [3.63, 3.8) is 0 Å². The molecule has 2 unspecified atom stereocenters. The molecule has 0 aromatic carbocycles. The Balaban J connectivity index is 3.46. The van der Waals surface area contributed by atoms with Gasteiger partial charge in [0.2, 0.25) is 0 Å². The lowest BCUT2D eigenvalue weighted by molar-refractivity contribution is -0.142. The summed E-state index contributed by atoms with van der Waals surface area (Å²) in [6.07, 6.45) is 13.1. The summed E-state index contributed by atoms with van der Waals surface area (Å²) in [5.41, 5.74) is 0. The number of aliphatic hydroxyl groups excluding tert-OH is 2. The van der Waals surface area contributed by atoms with E-state index in [2.05, 4.69) is 5.92 Å². The van der Waals surface area contributed by atoms with Crippen molar-refractivity contribution in [2.45, 2.75) is 95.7 Å². The third-order valence-corrected chi connectivity index (χ3v) is 4.04. The molecule has 0 aromatic rings. The molecule has 24 heavy (non-hydrogen) atoms. The molecular weight excluding hydrogens is 308 g/mol. The van der Waals surface area contributed by atoms with Crippen LogP contribution in [0.15, 0.2) is 0 Å². The summed E-state index contributed by atoms with van der Waals surface area (Å²) < 4.78 is 0. The van der Waals surface area contributed by atoms with Crippen molar-refractivity contribution in [2.24, 2.45) is 0 Å². The SMILES string of the molecule is C#CCCCCCCCCCCCC(=O)CC(O)C(O)CC(=O)O. The Hall–Kier alpha value is -1.38. The molecule has 0 amide bonds. The molecule has 0 aliphatic heterocycles. The fraction of sp³-hybridized carbons (Fsp3) is 0.789. The van der Waals surface area contributed by atoms with Gasteiger partial charge in [0, 0.05) is 19.3 Å². The number of carboxylic acids is 1. The van der Waals surface area contributed by atoms with Crippen molar-refractivity contribution in [2.75, 3.05) is 0 Å². The molecule has 0 aliphatic rings. The summed E-state index contributed by atoms with van der Waals surface area (Å²) in [6.45, 7) is 0. The normalized spacial score (nSPS) is 13.2. The molecule has 0 spiro atoms. The maximum Gasteiger partial charge on any atom is 0.306 e. The highest BCUT2D eigenvalue weighted by atomic mass is 16.4. The van der Waals surface area contributed by atoms with Gasteiger partial charge < -0.3 is 15.3 Å². The number of carboxylic acid groups (broad SMARTS) is 1. The van der Waals surface area contributed by atoms with Crippen molar-refractivity contribution in [1.29, 1.82) is 0 Å². The first-order valence-electron chi connectivity index (χ1n) is 9.00. The number of ketones is 1. The van der Waals surface area contributed by atoms with Gasteiger partial charge in [0.1, 0.15) is 5.78 Å². The highest BCUT2D eigenvalue weighted by Crippen LogP contribution is 2.13. The number of unbranched alkanes of at least 4 members (excludes halogenated alkanes) is 9. The molecule has 138 valence electrons. The van der Waals surface area contributed by atoms with Crippen LogP contribution in [0.25, 0.3) is 0 Å². The number of terminal acetylenes is 1. The molecule has 5 heteroatoms. The van der Waals surface area contributed by atoms with Gasteiger partial charge in [0.05, 0.1) is 18.6 Å². The highest BCUT2D eigenvalue weighted by Gasteiger charge is 2.21. The maximum atomic E-state index is 11.7. The molecule has 5 nitrogen and oxygen atoms in total. The van der Waals surface area contributed by atoms with E-state index in [0.29, 0.717) is 6.42 Å². The van der Waals surface area contributed by atoms with Crippen molar-refractivity contribution in [1.82, 2.24) is 0 Å². The summed E-state index contributed by atoms with van der Waals surface area (Å²) in [4.78, 5) is 22.1. The minimum absolute atomic E-state index is 0.125. The van der Waals surface area contributed by atoms with Gasteiger partial charge in [-0.2, -0.15) is 0 Å². The Morgan fingerprint density at radius 3 is 1.75 bits per heavy atom. The first-order chi connectivity index (χ1) is 11.5. The second-order valence-electron chi connectivity index (χ2n) is 6.36. The number of carbonyl (C=O) groups excluding carboxylic acids is 1. The molecule has 2 atom stereocenters. The summed E-state index contributed by atoms with van der Waals surface area (Å²) >= 11 is 0. The molecule has 0 aromatic heterocycles. The topological polar surface area (TPSA) is 94.8 Å². The lowest BCUT2D eigenvalue weighted by Gasteiger charge is -2.15. The van der Waals surface area contributed by atoms with Crippen LogP contribution in [0.5, 0.6) is 0 Å². The first kappa shape index (κ1) is 22.6. The van der Waals surface area contributed by atoms with Crippen LogP contribution in [0.1, 0.15) is 83.5 Å². The van der Waals surface area contributed by atoms with Gasteiger partial charge in [-0.15, -0.1) is 12.3 Å². The highest BCUT2D eigenvalue weighted by molar-refractivity contribution is 5.79. The number of hydrogen-bond acceptors (Lipinski definition) is 4. The summed E-state index contributed by atoms with van der Waals surface area (Å²) in [7, 11) is 0. The van der Waals surface area contributed by atoms with E-state index in [1.807, 2.05) is 0 Å². The molecule has 0 saturated heterocycles. The van der Waals surface area contributed by atoms with Gasteiger partial charge >= 0.3 is 5.97 Å². The Labute approximate surface area is 145 Å². The number of Topliss-reactive ketones (excluding diaryl/α,β-unsaturated/α-hetero) is 1. The van der Waals surface area contributed by atoms with Gasteiger partial charge in [0.15, 0.2) is 0 Å². The third kappa shape index (κ3) is 14.2. The lowest BCUT2D eigenvalue weighted by atomic mass is 10.0. The van der Waals surface area contributed by atoms with Crippen molar-refractivity contribution < 1.29 is 24.9 Å². The predicted molar refractivity (Wildman–Crippen MR) is 93.5 cm³/mol. The smallest absolute Gasteiger partial charge is 0.306 e. The molecule has 0 bridgehead atoms. The van der Waals surface area contributed by atoms with Crippen LogP contribution < -0.4 is 0 Å². The average Bonchev–Trinajstić information content (AvgIpc) is 2.51. The number of aliphatic hydroxyl groups is 2. The maximum absolute atomic E-state index is 11.7. The second kappa shape index (κ2) is 15.2. The first-order valence-corrected chi connectivity index (χ1v) is 9.00. The zero-order chi connectivity index (χ0) is 18.2. The van der Waals surface area contributed by atoms with E-state index >= 15 is 0 Å². The van der Waals surface area contributed by atoms with Crippen molar-refractivity contribution >= 4 is 11.8 Å². The van der Waals surface area contributed by atoms with Crippen LogP contribution in [-0.4, -0.2) is 39.3 Å². The average molecular weight is 340 g/mol. The molecule has 0 rings (SSSR count). The molecule has 0 saturated carbocycles. The standard InChI is InChI=1S/C19H32O5/c1-2-3-4-5-6-7-8-9-10-11-12-13-16(20)14-17(21)18(22)15-19(23)24/h1,17-18,21-22H,3-15H2,(H,23,24). The number of aliphatic carboxylic acids is 1. The van der Waals surface area contributed by atoms with Gasteiger partial charge in [0.25, 0.3) is 0 Å². The quantitative estimate of drug-likeness (QED) is 0.296. The summed E-state index contributed by atoms with van der Waals surface area (Å²) in [5.74, 6) is 1.33. The van der Waals surface area contributed by atoms with E-state index in [4.69, 9.17) is 11.5 Å². The third-order valence-electron chi connectivity index (χ3n) is 4.04. The van der Waals surface area contributed by atoms with Crippen LogP contribution in [-0.2, 0) is 9.59 Å². The monoisotopic (exact) mass is 340 g/mol. The zero-order valence-corrected chi connectivity index (χ0v) is 14.6. The number of hydrogen-bond donors (Lipinski definition) is 3. The zero-order valence-electron chi connectivity index (χ0n) is 14.6. The van der Waals surface area contributed by atoms with E-state index < -0.39 is 24.6 Å². The second-order valence-corrected chi connectivity index (χ2v) is 6.36. The number of rotatable bonds is 16. The Morgan fingerprint density at radius 2 is 1.25 bits per heavy atom. The fourth-order valence-corrected chi connectivity index (χ4v) is 2.57. The fourth-order valence-electron chi connectivity index (χ4n) is 2.57. The summed E-state index contributed by atoms with van der Waals surface area (Å²) in [5, 5.41) is 27.5. The van der Waals surface area contributed by atoms with Crippen LogP contribution in [0.3, 0.4) is 0 Å². The Kier molecular flexibility index (Phi) is 14.3. The van der Waals surface area contributed by atoms with Gasteiger partial charge in [-0.25, -0.2) is 0 Å². The van der Waals surface area contributed by atoms with E-state index in [1.165, 1.54) is 32.1 Å². The molecule has 0 aliphatic carbocycles. The molecule has 0 fully saturated rings. The largest absolute Gasteiger partial charge is 0.481 e. The van der Waals surface area contributed by atoms with Gasteiger partial charge in [-0.1, -0.05) is 44.9 Å². The van der Waals surface area contributed by atoms with Crippen LogP contribution in [0.4, 0.5) is 0 Å². The molecule has 3 N–H and O–H groups in total. The summed E-state index contributed by atoms with van der Waals surface area (Å²) in [6, 6.07) is 0. The molecule has 0 heterocycles. The minimum Gasteiger partial charge on any atom is -0.481 e. The van der Waals surface area contributed by atoms with Gasteiger partial charge in [-0.05, 0) is 12.8 Å². The van der Waals surface area contributed by atoms with E-state index in [1.54, 1.807) is 0 Å². The Bertz CT molecular complexity index is 386. The van der Waals surface area contributed by atoms with Crippen LogP contribution in [0.2, 0.25) is 0 Å². The van der Waals surface area contributed by atoms with Crippen LogP contribution in [0, 0.1) is 12.3 Å². The van der Waals surface area contributed by atoms with Gasteiger partial charge in [-0.3, -0.25) is 9.59 Å². The predicted octanol–water partition coefficient (Wildman–Crippen LogP) is 3.07. The minimum atomic E-state index is -1.38. The molecular formula is C19H32O5. The Morgan fingerprint density at radius 1 is 0.792 bits per heavy atom. The van der Waals surface area contributed by atoms with Crippen molar-refractivity contribution in [3.05, 3.63) is 0 Å². The van der Waals surface area contributed by atoms with E-state index in [9.17, 15) is 19.8 Å². The van der Waals surface area contributed by atoms with E-state index in [0.717, 1.165) is 32.1 Å². The van der Waals surface area contributed by atoms with E-state index in [-0.39, 0.29) is 12.2 Å². The lowest BCUT2D eigenvalue weighted by Crippen LogP contribution is -2.30. The van der Waals surface area contributed by atoms with Crippen molar-refractivity contribution in [3.8, 4) is 12.3 Å². The molecule has 0 radical (unpaired) electrons. The van der Waals surface area contributed by atoms with Crippen LogP contribution >= 0.6 is 0 Å². The number of carbonyl (C=O) groups is 2.